The fourth-order valence-electron chi connectivity index (χ4n) is 2.97. The van der Waals surface area contributed by atoms with Gasteiger partial charge >= 0.3 is 5.97 Å². The molecular weight excluding hydrogens is 278 g/mol. The number of esters is 1. The zero-order valence-electron chi connectivity index (χ0n) is 11.7. The Hall–Kier alpha value is -2.88. The fourth-order valence-corrected chi connectivity index (χ4v) is 2.97. The van der Waals surface area contributed by atoms with Crippen molar-refractivity contribution >= 4 is 17.4 Å². The normalized spacial score (nSPS) is 19.8. The molecule has 0 spiro atoms. The van der Waals surface area contributed by atoms with Crippen LogP contribution in [0.2, 0.25) is 0 Å². The molecule has 0 bridgehead atoms. The molecule has 0 unspecified atom stereocenters. The van der Waals surface area contributed by atoms with E-state index in [0.29, 0.717) is 18.0 Å². The van der Waals surface area contributed by atoms with Crippen LogP contribution in [0.5, 0.6) is 5.75 Å². The van der Waals surface area contributed by atoms with Crippen molar-refractivity contribution < 1.29 is 14.6 Å². The van der Waals surface area contributed by atoms with E-state index in [1.54, 1.807) is 6.07 Å². The summed E-state index contributed by atoms with van der Waals surface area (Å²) in [6.07, 6.45) is 1.48. The van der Waals surface area contributed by atoms with Gasteiger partial charge in [-0.2, -0.15) is 0 Å². The van der Waals surface area contributed by atoms with Crippen molar-refractivity contribution in [3.8, 4) is 5.75 Å². The van der Waals surface area contributed by atoms with E-state index in [0.717, 1.165) is 28.7 Å². The molecule has 1 aliphatic heterocycles. The van der Waals surface area contributed by atoms with Crippen LogP contribution in [-0.4, -0.2) is 17.0 Å². The Bertz CT molecular complexity index is 835. The van der Waals surface area contributed by atoms with Crippen molar-refractivity contribution in [2.45, 2.75) is 12.8 Å². The number of aromatic hydroxyl groups is 1. The van der Waals surface area contributed by atoms with Gasteiger partial charge in [-0.25, -0.2) is 9.79 Å². The van der Waals surface area contributed by atoms with Gasteiger partial charge in [0.25, 0.3) is 0 Å². The Labute approximate surface area is 127 Å². The molecule has 0 saturated heterocycles. The second-order valence-corrected chi connectivity index (χ2v) is 5.31. The van der Waals surface area contributed by atoms with Crippen LogP contribution in [0.4, 0.5) is 0 Å². The lowest BCUT2D eigenvalue weighted by Gasteiger charge is -2.04. The monoisotopic (exact) mass is 291 g/mol. The van der Waals surface area contributed by atoms with Crippen LogP contribution in [-0.2, 0) is 16.0 Å². The van der Waals surface area contributed by atoms with Crippen LogP contribution < -0.4 is 0 Å². The highest BCUT2D eigenvalue weighted by Gasteiger charge is 2.31. The van der Waals surface area contributed by atoms with Crippen molar-refractivity contribution in [1.82, 2.24) is 0 Å². The number of phenolic OH excluding ortho intramolecular Hbond substituents is 1. The Morgan fingerprint density at radius 3 is 2.64 bits per heavy atom. The zero-order chi connectivity index (χ0) is 15.1. The number of cyclic esters (lactones) is 1. The van der Waals surface area contributed by atoms with E-state index in [9.17, 15) is 9.90 Å². The van der Waals surface area contributed by atoms with Crippen molar-refractivity contribution in [3.63, 3.8) is 0 Å². The molecule has 1 N–H and O–H groups in total. The molecule has 0 fully saturated rings. The molecule has 4 nitrogen and oxygen atoms in total. The summed E-state index contributed by atoms with van der Waals surface area (Å²) >= 11 is 0. The summed E-state index contributed by atoms with van der Waals surface area (Å²) in [5, 5.41) is 10.1. The van der Waals surface area contributed by atoms with Gasteiger partial charge in [0.05, 0.1) is 0 Å². The van der Waals surface area contributed by atoms with Crippen LogP contribution in [0.3, 0.4) is 0 Å². The van der Waals surface area contributed by atoms with Gasteiger partial charge in [-0.3, -0.25) is 0 Å². The minimum atomic E-state index is -0.454. The van der Waals surface area contributed by atoms with Crippen LogP contribution >= 0.6 is 0 Å². The molecule has 0 aromatic heterocycles. The third-order valence-electron chi connectivity index (χ3n) is 3.98. The Morgan fingerprint density at radius 1 is 1.00 bits per heavy atom. The molecule has 2 aromatic rings. The van der Waals surface area contributed by atoms with Crippen molar-refractivity contribution in [2.75, 3.05) is 0 Å². The van der Waals surface area contributed by atoms with Crippen LogP contribution in [0.25, 0.3) is 5.57 Å². The van der Waals surface area contributed by atoms with Crippen molar-refractivity contribution in [3.05, 3.63) is 70.9 Å². The molecule has 0 atom stereocenters. The Morgan fingerprint density at radius 2 is 1.82 bits per heavy atom. The molecule has 1 heterocycles. The number of aliphatic imine (C=N–C) groups is 1. The van der Waals surface area contributed by atoms with Gasteiger partial charge in [0.1, 0.15) is 5.75 Å². The summed E-state index contributed by atoms with van der Waals surface area (Å²) < 4.78 is 5.30. The highest BCUT2D eigenvalue weighted by molar-refractivity contribution is 6.14. The number of phenols is 1. The first-order chi connectivity index (χ1) is 10.7. The van der Waals surface area contributed by atoms with E-state index < -0.39 is 5.97 Å². The van der Waals surface area contributed by atoms with Crippen LogP contribution in [0.1, 0.15) is 23.1 Å². The molecule has 2 aliphatic rings. The van der Waals surface area contributed by atoms with Gasteiger partial charge in [0.15, 0.2) is 5.70 Å². The maximum Gasteiger partial charge on any atom is 0.364 e. The van der Waals surface area contributed by atoms with E-state index in [2.05, 4.69) is 4.99 Å². The predicted octanol–water partition coefficient (Wildman–Crippen LogP) is 3.05. The number of ether oxygens (including phenoxy) is 1. The fraction of sp³-hybridized carbons (Fsp3) is 0.111. The highest BCUT2D eigenvalue weighted by Crippen LogP contribution is 2.41. The number of aryl methyl sites for hydroxylation is 1. The topological polar surface area (TPSA) is 58.9 Å². The molecule has 0 radical (unpaired) electrons. The summed E-state index contributed by atoms with van der Waals surface area (Å²) in [7, 11) is 0. The predicted molar refractivity (Wildman–Crippen MR) is 82.4 cm³/mol. The molecule has 0 amide bonds. The van der Waals surface area contributed by atoms with E-state index in [4.69, 9.17) is 4.74 Å². The average Bonchev–Trinajstić information content (AvgIpc) is 3.12. The van der Waals surface area contributed by atoms with Gasteiger partial charge in [0.2, 0.25) is 5.90 Å². The lowest BCUT2D eigenvalue weighted by atomic mass is 10.0. The number of fused-ring (bicyclic) bond motifs is 1. The number of nitrogens with zero attached hydrogens (tertiary/aromatic N) is 1. The van der Waals surface area contributed by atoms with Gasteiger partial charge in [-0.15, -0.1) is 0 Å². The first-order valence-corrected chi connectivity index (χ1v) is 7.15. The van der Waals surface area contributed by atoms with Gasteiger partial charge < -0.3 is 9.84 Å². The molecule has 1 aliphatic carbocycles. The summed E-state index contributed by atoms with van der Waals surface area (Å²) in [6.45, 7) is 0. The lowest BCUT2D eigenvalue weighted by Crippen LogP contribution is -2.05. The first-order valence-electron chi connectivity index (χ1n) is 7.15. The maximum absolute atomic E-state index is 12.2. The number of benzene rings is 2. The quantitative estimate of drug-likeness (QED) is 0.649. The van der Waals surface area contributed by atoms with Gasteiger partial charge in [0, 0.05) is 11.1 Å². The number of carbonyl (C=O) groups excluding carboxylic acids is 1. The molecule has 22 heavy (non-hydrogen) atoms. The molecular formula is C18H13NO3. The largest absolute Gasteiger partial charge is 0.507 e. The third-order valence-corrected chi connectivity index (χ3v) is 3.98. The van der Waals surface area contributed by atoms with E-state index in [1.807, 2.05) is 42.5 Å². The van der Waals surface area contributed by atoms with E-state index in [1.165, 1.54) is 0 Å². The number of carbonyl (C=O) groups is 1. The standard InChI is InChI=1S/C18H13NO3/c20-14-8-4-7-11-9-10-13(15(11)14)16-18(21)22-17(19-16)12-5-2-1-3-6-12/h1-8,20H,9-10H2/b16-13-. The summed E-state index contributed by atoms with van der Waals surface area (Å²) in [6, 6.07) is 14.7. The van der Waals surface area contributed by atoms with E-state index in [-0.39, 0.29) is 5.75 Å². The van der Waals surface area contributed by atoms with Crippen LogP contribution in [0.15, 0.2) is 59.2 Å². The SMILES string of the molecule is O=C1OC(c2ccccc2)=N/C1=C1/CCc2cccc(O)c21. The second-order valence-electron chi connectivity index (χ2n) is 5.31. The lowest BCUT2D eigenvalue weighted by molar-refractivity contribution is -0.129. The minimum Gasteiger partial charge on any atom is -0.507 e. The number of hydrogen-bond donors (Lipinski definition) is 1. The summed E-state index contributed by atoms with van der Waals surface area (Å²) in [5.74, 6) is 0.0515. The van der Waals surface area contributed by atoms with Crippen molar-refractivity contribution in [1.29, 1.82) is 0 Å². The Kier molecular flexibility index (Phi) is 2.82. The highest BCUT2D eigenvalue weighted by atomic mass is 16.6. The van der Waals surface area contributed by atoms with Gasteiger partial charge in [-0.05, 0) is 42.2 Å². The number of hydrogen-bond acceptors (Lipinski definition) is 4. The molecule has 4 heteroatoms. The second kappa shape index (κ2) is 4.84. The van der Waals surface area contributed by atoms with E-state index >= 15 is 0 Å². The maximum atomic E-state index is 12.2. The zero-order valence-corrected chi connectivity index (χ0v) is 11.7. The molecule has 4 rings (SSSR count). The summed E-state index contributed by atoms with van der Waals surface area (Å²) in [4.78, 5) is 16.6. The third kappa shape index (κ3) is 1.92. The minimum absolute atomic E-state index is 0.189. The Balaban J connectivity index is 1.85. The van der Waals surface area contributed by atoms with Crippen LogP contribution in [0, 0.1) is 0 Å². The van der Waals surface area contributed by atoms with Crippen molar-refractivity contribution in [2.24, 2.45) is 4.99 Å². The first kappa shape index (κ1) is 12.8. The number of allylic oxidation sites excluding steroid dienone is 1. The molecule has 108 valence electrons. The smallest absolute Gasteiger partial charge is 0.364 e. The molecule has 0 saturated carbocycles. The molecule has 2 aromatic carbocycles. The summed E-state index contributed by atoms with van der Waals surface area (Å²) in [5.41, 5.74) is 3.61. The average molecular weight is 291 g/mol. The number of rotatable bonds is 1. The van der Waals surface area contributed by atoms with Gasteiger partial charge in [-0.1, -0.05) is 30.3 Å².